The molecule has 9 nitrogen and oxygen atoms in total. The summed E-state index contributed by atoms with van der Waals surface area (Å²) >= 11 is 12.4. The summed E-state index contributed by atoms with van der Waals surface area (Å²) in [5.74, 6) is -3.96. The third kappa shape index (κ3) is 6.11. The lowest BCUT2D eigenvalue weighted by molar-refractivity contribution is -0.169. The van der Waals surface area contributed by atoms with Crippen LogP contribution in [0.25, 0.3) is 0 Å². The predicted octanol–water partition coefficient (Wildman–Crippen LogP) is 3.97. The Balaban J connectivity index is 1.60. The van der Waals surface area contributed by atoms with Crippen molar-refractivity contribution in [3.63, 3.8) is 0 Å². The molecule has 3 unspecified atom stereocenters. The van der Waals surface area contributed by atoms with Gasteiger partial charge in [-0.3, -0.25) is 14.4 Å². The molecule has 2 aromatic carbocycles. The van der Waals surface area contributed by atoms with Crippen molar-refractivity contribution < 1.29 is 31.6 Å². The lowest BCUT2D eigenvalue weighted by atomic mass is 9.96. The highest BCUT2D eigenvalue weighted by Crippen LogP contribution is 2.35. The van der Waals surface area contributed by atoms with E-state index in [4.69, 9.17) is 23.2 Å². The maximum atomic E-state index is 14.2. The number of carbonyl (C=O) groups is 3. The van der Waals surface area contributed by atoms with Gasteiger partial charge >= 0.3 is 0 Å². The van der Waals surface area contributed by atoms with Crippen LogP contribution in [0.5, 0.6) is 0 Å². The van der Waals surface area contributed by atoms with Crippen LogP contribution in [0.3, 0.4) is 0 Å². The minimum absolute atomic E-state index is 0.131. The average molecular weight is 658 g/mol. The second-order valence-electron chi connectivity index (χ2n) is 11.5. The molecular weight excluding hydrogens is 625 g/mol. The summed E-state index contributed by atoms with van der Waals surface area (Å²) in [4.78, 5) is 43.5. The fourth-order valence-corrected chi connectivity index (χ4v) is 8.49. The van der Waals surface area contributed by atoms with Crippen molar-refractivity contribution in [1.82, 2.24) is 19.4 Å². The zero-order valence-electron chi connectivity index (χ0n) is 23.6. The van der Waals surface area contributed by atoms with Gasteiger partial charge in [-0.15, -0.1) is 0 Å². The lowest BCUT2D eigenvalue weighted by Crippen LogP contribution is -2.76. The van der Waals surface area contributed by atoms with Gasteiger partial charge in [0.15, 0.2) is 11.6 Å². The van der Waals surface area contributed by atoms with E-state index in [9.17, 15) is 31.6 Å². The number of nitrogens with zero attached hydrogens (tertiary/aromatic N) is 3. The number of sulfonamides is 1. The van der Waals surface area contributed by atoms with Gasteiger partial charge < -0.3 is 15.1 Å². The van der Waals surface area contributed by atoms with Crippen LogP contribution in [0.4, 0.5) is 8.78 Å². The molecule has 1 N–H and O–H groups in total. The predicted molar refractivity (Wildman–Crippen MR) is 156 cm³/mol. The molecular formula is C29H32Cl2F2N4O5S. The van der Waals surface area contributed by atoms with E-state index in [0.717, 1.165) is 29.3 Å². The molecule has 3 fully saturated rings. The molecule has 3 amide bonds. The van der Waals surface area contributed by atoms with E-state index in [-0.39, 0.29) is 51.3 Å². The summed E-state index contributed by atoms with van der Waals surface area (Å²) in [5.41, 5.74) is 0.238. The number of hydrogen-bond acceptors (Lipinski definition) is 5. The van der Waals surface area contributed by atoms with Gasteiger partial charge in [-0.1, -0.05) is 42.1 Å². The van der Waals surface area contributed by atoms with Gasteiger partial charge in [-0.2, -0.15) is 4.31 Å². The van der Waals surface area contributed by atoms with Crippen LogP contribution in [0, 0.1) is 17.6 Å². The Morgan fingerprint density at radius 2 is 1.70 bits per heavy atom. The van der Waals surface area contributed by atoms with Crippen molar-refractivity contribution in [2.45, 2.75) is 75.1 Å². The molecule has 0 radical (unpaired) electrons. The van der Waals surface area contributed by atoms with Crippen LogP contribution < -0.4 is 5.32 Å². The Morgan fingerprint density at radius 3 is 2.33 bits per heavy atom. The molecule has 2 heterocycles. The number of benzene rings is 2. The molecule has 2 aromatic rings. The normalized spacial score (nSPS) is 23.7. The number of carbonyl (C=O) groups excluding carboxylic acids is 3. The number of piperazine rings is 1. The van der Waals surface area contributed by atoms with Crippen molar-refractivity contribution in [2.75, 3.05) is 13.1 Å². The van der Waals surface area contributed by atoms with Crippen LogP contribution in [-0.4, -0.2) is 77.6 Å². The first kappa shape index (κ1) is 31.6. The van der Waals surface area contributed by atoms with Gasteiger partial charge in [0.1, 0.15) is 23.1 Å². The topological polar surface area (TPSA) is 107 Å². The molecule has 3 aliphatic rings. The van der Waals surface area contributed by atoms with Crippen LogP contribution in [0.15, 0.2) is 41.3 Å². The summed E-state index contributed by atoms with van der Waals surface area (Å²) < 4.78 is 57.4. The van der Waals surface area contributed by atoms with Gasteiger partial charge in [-0.05, 0) is 62.6 Å². The number of hydrogen-bond donors (Lipinski definition) is 1. The number of fused-ring (bicyclic) bond motifs is 1. The lowest BCUT2D eigenvalue weighted by Gasteiger charge is -2.54. The maximum Gasteiger partial charge on any atom is 0.248 e. The van der Waals surface area contributed by atoms with E-state index in [1.807, 2.05) is 0 Å². The van der Waals surface area contributed by atoms with Gasteiger partial charge in [0.05, 0.1) is 11.6 Å². The first-order chi connectivity index (χ1) is 20.3. The number of nitrogens with one attached hydrogen (secondary N) is 1. The zero-order chi connectivity index (χ0) is 31.2. The van der Waals surface area contributed by atoms with Crippen molar-refractivity contribution >= 4 is 50.9 Å². The maximum absolute atomic E-state index is 14.2. The molecule has 1 aliphatic carbocycles. The highest BCUT2D eigenvalue weighted by atomic mass is 35.5. The Morgan fingerprint density at radius 1 is 1.00 bits per heavy atom. The monoisotopic (exact) mass is 656 g/mol. The second-order valence-corrected chi connectivity index (χ2v) is 14.2. The zero-order valence-corrected chi connectivity index (χ0v) is 25.9. The molecule has 0 aromatic heterocycles. The van der Waals surface area contributed by atoms with Gasteiger partial charge in [0, 0.05) is 29.9 Å². The average Bonchev–Trinajstić information content (AvgIpc) is 3.48. The summed E-state index contributed by atoms with van der Waals surface area (Å²) in [6.45, 7) is 2.97. The largest absolute Gasteiger partial charge is 0.343 e. The van der Waals surface area contributed by atoms with Crippen LogP contribution in [0.2, 0.25) is 10.0 Å². The molecule has 1 saturated carbocycles. The third-order valence-corrected chi connectivity index (χ3v) is 11.0. The van der Waals surface area contributed by atoms with Crippen LogP contribution in [0.1, 0.15) is 45.1 Å². The number of rotatable bonds is 7. The van der Waals surface area contributed by atoms with E-state index in [1.165, 1.54) is 34.1 Å². The van der Waals surface area contributed by atoms with Gasteiger partial charge in [-0.25, -0.2) is 17.2 Å². The standard InChI is InChI=1S/C29H32Cl2F2N4O5S/c1-16(2)35-15-26-36(43(41,42)25-10-8-19(30)13-20(25)31)14-23(34-27(38)18-5-3-4-6-18)28(39)37(26)24(29(35)40)12-17-7-9-21(32)22(33)11-17/h7-11,13,16,18,23-24,26H,3-6,12,14-15H2,1-2H3,(H,34,38). The fraction of sp³-hybridized carbons (Fsp3) is 0.483. The van der Waals surface area contributed by atoms with E-state index >= 15 is 0 Å². The molecule has 0 bridgehead atoms. The van der Waals surface area contributed by atoms with Crippen molar-refractivity contribution in [3.05, 3.63) is 63.6 Å². The van der Waals surface area contributed by atoms with Crippen LogP contribution in [-0.2, 0) is 30.8 Å². The molecule has 2 aliphatic heterocycles. The summed E-state index contributed by atoms with van der Waals surface area (Å²) in [5, 5.41) is 2.84. The molecule has 232 valence electrons. The Hall–Kier alpha value is -2.80. The molecule has 2 saturated heterocycles. The molecule has 0 spiro atoms. The SMILES string of the molecule is CC(C)N1CC2N(C(=O)C(NC(=O)C3CCCC3)CN2S(=O)(=O)c2ccc(Cl)cc2Cl)C(Cc2ccc(F)c(F)c2)C1=O. The molecule has 5 rings (SSSR count). The minimum Gasteiger partial charge on any atom is -0.343 e. The first-order valence-corrected chi connectivity index (χ1v) is 16.3. The molecule has 43 heavy (non-hydrogen) atoms. The first-order valence-electron chi connectivity index (χ1n) is 14.1. The van der Waals surface area contributed by atoms with Crippen molar-refractivity contribution in [1.29, 1.82) is 0 Å². The molecule has 3 atom stereocenters. The van der Waals surface area contributed by atoms with Crippen molar-refractivity contribution in [2.24, 2.45) is 5.92 Å². The van der Waals surface area contributed by atoms with Crippen LogP contribution >= 0.6 is 23.2 Å². The van der Waals surface area contributed by atoms with E-state index in [0.29, 0.717) is 12.8 Å². The quantitative estimate of drug-likeness (QED) is 0.486. The Bertz CT molecular complexity index is 1550. The number of halogens is 4. The number of amides is 3. The third-order valence-electron chi connectivity index (χ3n) is 8.39. The Labute approximate surface area is 259 Å². The fourth-order valence-electron chi connectivity index (χ4n) is 6.16. The Kier molecular flexibility index (Phi) is 9.04. The van der Waals surface area contributed by atoms with E-state index in [2.05, 4.69) is 5.32 Å². The van der Waals surface area contributed by atoms with Gasteiger partial charge in [0.25, 0.3) is 0 Å². The summed E-state index contributed by atoms with van der Waals surface area (Å²) in [6.07, 6.45) is 1.68. The smallest absolute Gasteiger partial charge is 0.248 e. The van der Waals surface area contributed by atoms with E-state index in [1.54, 1.807) is 13.8 Å². The van der Waals surface area contributed by atoms with E-state index < -0.39 is 58.3 Å². The van der Waals surface area contributed by atoms with Gasteiger partial charge in [0.2, 0.25) is 27.7 Å². The highest BCUT2D eigenvalue weighted by Gasteiger charge is 2.54. The molecule has 14 heteroatoms. The minimum atomic E-state index is -4.42. The summed E-state index contributed by atoms with van der Waals surface area (Å²) in [6, 6.07) is 4.19. The van der Waals surface area contributed by atoms with Crippen molar-refractivity contribution in [3.8, 4) is 0 Å². The highest BCUT2D eigenvalue weighted by molar-refractivity contribution is 7.89. The second kappa shape index (κ2) is 12.3. The summed E-state index contributed by atoms with van der Waals surface area (Å²) in [7, 11) is -4.42.